The number of carbonyl (C=O) groups excluding carboxylic acids is 2. The first kappa shape index (κ1) is 15.5. The zero-order chi connectivity index (χ0) is 15.6. The molecule has 4 heteroatoms. The summed E-state index contributed by atoms with van der Waals surface area (Å²) >= 11 is 0. The van der Waals surface area contributed by atoms with Crippen molar-refractivity contribution in [2.75, 3.05) is 11.4 Å². The largest absolute Gasteiger partial charge is 0.478 e. The van der Waals surface area contributed by atoms with Gasteiger partial charge in [0.1, 0.15) is 5.75 Å². The van der Waals surface area contributed by atoms with Crippen LogP contribution in [0.25, 0.3) is 0 Å². The zero-order valence-corrected chi connectivity index (χ0v) is 13.2. The highest BCUT2D eigenvalue weighted by Crippen LogP contribution is 2.36. The van der Waals surface area contributed by atoms with Crippen molar-refractivity contribution in [2.24, 2.45) is 5.92 Å². The molecule has 1 atom stereocenters. The van der Waals surface area contributed by atoms with Gasteiger partial charge in [-0.2, -0.15) is 0 Å². The Kier molecular flexibility index (Phi) is 4.66. The fraction of sp³-hybridized carbons (Fsp3) is 0.529. The van der Waals surface area contributed by atoms with Crippen molar-refractivity contribution < 1.29 is 14.3 Å². The fourth-order valence-corrected chi connectivity index (χ4v) is 2.47. The lowest BCUT2D eigenvalue weighted by molar-refractivity contribution is -0.128. The molecular weight excluding hydrogens is 266 g/mol. The Morgan fingerprint density at radius 2 is 2.10 bits per heavy atom. The maximum absolute atomic E-state index is 12.6. The molecule has 0 saturated heterocycles. The van der Waals surface area contributed by atoms with Gasteiger partial charge < -0.3 is 9.64 Å². The molecule has 0 radical (unpaired) electrons. The van der Waals surface area contributed by atoms with Gasteiger partial charge in [0.2, 0.25) is 0 Å². The third-order valence-corrected chi connectivity index (χ3v) is 3.76. The number of carbonyl (C=O) groups is 2. The highest BCUT2D eigenvalue weighted by Gasteiger charge is 2.36. The van der Waals surface area contributed by atoms with Crippen molar-refractivity contribution in [3.05, 3.63) is 23.8 Å². The highest BCUT2D eigenvalue weighted by molar-refractivity contribution is 6.02. The van der Waals surface area contributed by atoms with Crippen LogP contribution in [0.15, 0.2) is 18.2 Å². The molecule has 2 rings (SSSR count). The van der Waals surface area contributed by atoms with E-state index in [-0.39, 0.29) is 17.6 Å². The van der Waals surface area contributed by atoms with E-state index in [4.69, 9.17) is 4.74 Å². The van der Waals surface area contributed by atoms with Crippen LogP contribution < -0.4 is 9.64 Å². The van der Waals surface area contributed by atoms with E-state index in [1.165, 1.54) is 6.92 Å². The summed E-state index contributed by atoms with van der Waals surface area (Å²) in [4.78, 5) is 26.0. The first-order valence-electron chi connectivity index (χ1n) is 7.58. The molecule has 21 heavy (non-hydrogen) atoms. The van der Waals surface area contributed by atoms with Crippen molar-refractivity contribution in [3.63, 3.8) is 0 Å². The summed E-state index contributed by atoms with van der Waals surface area (Å²) < 4.78 is 5.85. The standard InChI is InChI=1S/C17H23NO3/c1-5-6-9-18-14-10-13(12(4)19)7-8-15(14)21-16(11(2)3)17(18)20/h7-8,10-11,16H,5-6,9H2,1-4H3. The summed E-state index contributed by atoms with van der Waals surface area (Å²) in [5.74, 6) is 0.787. The molecule has 1 aliphatic rings. The molecule has 114 valence electrons. The molecule has 1 aromatic carbocycles. The van der Waals surface area contributed by atoms with Gasteiger partial charge in [-0.05, 0) is 37.5 Å². The molecule has 0 saturated carbocycles. The van der Waals surface area contributed by atoms with Crippen molar-refractivity contribution in [1.29, 1.82) is 0 Å². The van der Waals surface area contributed by atoms with E-state index < -0.39 is 6.10 Å². The van der Waals surface area contributed by atoms with E-state index in [1.807, 2.05) is 13.8 Å². The summed E-state index contributed by atoms with van der Waals surface area (Å²) in [5.41, 5.74) is 1.33. The minimum atomic E-state index is -0.447. The summed E-state index contributed by atoms with van der Waals surface area (Å²) in [7, 11) is 0. The van der Waals surface area contributed by atoms with Crippen LogP contribution in [0.5, 0.6) is 5.75 Å². The number of Topliss-reactive ketones (excluding diaryl/α,β-unsaturated/α-hetero) is 1. The Labute approximate surface area is 126 Å². The van der Waals surface area contributed by atoms with Crippen molar-refractivity contribution in [1.82, 2.24) is 0 Å². The van der Waals surface area contributed by atoms with Gasteiger partial charge in [0, 0.05) is 12.1 Å². The van der Waals surface area contributed by atoms with Crippen molar-refractivity contribution in [3.8, 4) is 5.75 Å². The van der Waals surface area contributed by atoms with Gasteiger partial charge in [0.15, 0.2) is 11.9 Å². The number of amides is 1. The van der Waals surface area contributed by atoms with Gasteiger partial charge in [0.05, 0.1) is 5.69 Å². The van der Waals surface area contributed by atoms with Crippen molar-refractivity contribution in [2.45, 2.75) is 46.6 Å². The average Bonchev–Trinajstić information content (AvgIpc) is 2.44. The van der Waals surface area contributed by atoms with E-state index in [2.05, 4.69) is 6.92 Å². The number of hydrogen-bond donors (Lipinski definition) is 0. The van der Waals surface area contributed by atoms with Crippen molar-refractivity contribution >= 4 is 17.4 Å². The summed E-state index contributed by atoms with van der Waals surface area (Å²) in [6.45, 7) is 8.25. The van der Waals surface area contributed by atoms with E-state index in [1.54, 1.807) is 23.1 Å². The Morgan fingerprint density at radius 1 is 1.38 bits per heavy atom. The molecule has 1 aliphatic heterocycles. The molecule has 0 bridgehead atoms. The topological polar surface area (TPSA) is 46.6 Å². The van der Waals surface area contributed by atoms with Gasteiger partial charge in [0.25, 0.3) is 5.91 Å². The SMILES string of the molecule is CCCCN1C(=O)C(C(C)C)Oc2ccc(C(C)=O)cc21. The molecule has 1 amide bonds. The third kappa shape index (κ3) is 3.09. The second kappa shape index (κ2) is 6.29. The Balaban J connectivity index is 2.44. The molecule has 1 unspecified atom stereocenters. The third-order valence-electron chi connectivity index (χ3n) is 3.76. The minimum absolute atomic E-state index is 0.00771. The first-order valence-corrected chi connectivity index (χ1v) is 7.58. The number of benzene rings is 1. The summed E-state index contributed by atoms with van der Waals surface area (Å²) in [6, 6.07) is 5.32. The molecule has 4 nitrogen and oxygen atoms in total. The van der Waals surface area contributed by atoms with Crippen LogP contribution in [-0.4, -0.2) is 24.3 Å². The molecule has 0 spiro atoms. The van der Waals surface area contributed by atoms with Crippen LogP contribution in [0.1, 0.15) is 50.9 Å². The lowest BCUT2D eigenvalue weighted by Gasteiger charge is -2.36. The summed E-state index contributed by atoms with van der Waals surface area (Å²) in [6.07, 6.45) is 1.50. The Morgan fingerprint density at radius 3 is 2.67 bits per heavy atom. The van der Waals surface area contributed by atoms with E-state index in [9.17, 15) is 9.59 Å². The highest BCUT2D eigenvalue weighted by atomic mass is 16.5. The van der Waals surface area contributed by atoms with Crippen LogP contribution in [0.4, 0.5) is 5.69 Å². The van der Waals surface area contributed by atoms with Crippen LogP contribution >= 0.6 is 0 Å². The maximum Gasteiger partial charge on any atom is 0.268 e. The van der Waals surface area contributed by atoms with Gasteiger partial charge in [-0.25, -0.2) is 0 Å². The Bertz CT molecular complexity index is 551. The summed E-state index contributed by atoms with van der Waals surface area (Å²) in [5, 5.41) is 0. The normalized spacial score (nSPS) is 17.7. The number of unbranched alkanes of at least 4 members (excludes halogenated alkanes) is 1. The minimum Gasteiger partial charge on any atom is -0.478 e. The number of fused-ring (bicyclic) bond motifs is 1. The number of ketones is 1. The van der Waals surface area contributed by atoms with Crippen LogP contribution in [0.3, 0.4) is 0 Å². The molecule has 0 N–H and O–H groups in total. The molecule has 1 heterocycles. The molecule has 1 aromatic rings. The van der Waals surface area contributed by atoms with Crippen LogP contribution in [0, 0.1) is 5.92 Å². The van der Waals surface area contributed by atoms with Gasteiger partial charge in [-0.1, -0.05) is 27.2 Å². The number of nitrogens with zero attached hydrogens (tertiary/aromatic N) is 1. The number of ether oxygens (including phenoxy) is 1. The van der Waals surface area contributed by atoms with Crippen LogP contribution in [-0.2, 0) is 4.79 Å². The number of hydrogen-bond acceptors (Lipinski definition) is 3. The maximum atomic E-state index is 12.6. The van der Waals surface area contributed by atoms with E-state index in [0.717, 1.165) is 18.5 Å². The zero-order valence-electron chi connectivity index (χ0n) is 13.2. The van der Waals surface area contributed by atoms with Gasteiger partial charge >= 0.3 is 0 Å². The lowest BCUT2D eigenvalue weighted by Crippen LogP contribution is -2.48. The smallest absolute Gasteiger partial charge is 0.268 e. The molecule has 0 aliphatic carbocycles. The van der Waals surface area contributed by atoms with Gasteiger partial charge in [-0.15, -0.1) is 0 Å². The monoisotopic (exact) mass is 289 g/mol. The van der Waals surface area contributed by atoms with E-state index >= 15 is 0 Å². The lowest BCUT2D eigenvalue weighted by atomic mass is 10.0. The second-order valence-electron chi connectivity index (χ2n) is 5.86. The molecule has 0 fully saturated rings. The van der Waals surface area contributed by atoms with Gasteiger partial charge in [-0.3, -0.25) is 9.59 Å². The first-order chi connectivity index (χ1) is 9.95. The predicted molar refractivity (Wildman–Crippen MR) is 83.0 cm³/mol. The second-order valence-corrected chi connectivity index (χ2v) is 5.86. The Hall–Kier alpha value is -1.84. The number of rotatable bonds is 5. The van der Waals surface area contributed by atoms with Crippen LogP contribution in [0.2, 0.25) is 0 Å². The van der Waals surface area contributed by atoms with E-state index in [0.29, 0.717) is 17.9 Å². The number of anilines is 1. The quantitative estimate of drug-likeness (QED) is 0.780. The molecular formula is C17H23NO3. The predicted octanol–water partition coefficient (Wildman–Crippen LogP) is 3.44. The molecule has 0 aromatic heterocycles. The fourth-order valence-electron chi connectivity index (χ4n) is 2.47. The average molecular weight is 289 g/mol.